The van der Waals surface area contributed by atoms with E-state index in [-0.39, 0.29) is 10.6 Å². The quantitative estimate of drug-likeness (QED) is 0.853. The lowest BCUT2D eigenvalue weighted by Gasteiger charge is -2.11. The summed E-state index contributed by atoms with van der Waals surface area (Å²) < 4.78 is 26.8. The van der Waals surface area contributed by atoms with Gasteiger partial charge in [0.1, 0.15) is 4.90 Å². The van der Waals surface area contributed by atoms with Crippen LogP contribution in [-0.4, -0.2) is 8.42 Å². The molecule has 2 rings (SSSR count). The van der Waals surface area contributed by atoms with Crippen molar-refractivity contribution in [3.8, 4) is 0 Å². The molecule has 0 amide bonds. The molecule has 0 spiro atoms. The average Bonchev–Trinajstić information content (AvgIpc) is 2.31. The molecule has 3 N–H and O–H groups in total. The first-order valence-electron chi connectivity index (χ1n) is 5.22. The molecule has 2 aromatic rings. The highest BCUT2D eigenvalue weighted by Crippen LogP contribution is 2.27. The minimum atomic E-state index is -3.80. The minimum Gasteiger partial charge on any atom is -0.398 e. The number of nitrogens with one attached hydrogen (secondary N) is 1. The molecule has 0 aliphatic carbocycles. The van der Waals surface area contributed by atoms with Crippen LogP contribution in [0.15, 0.2) is 47.4 Å². The molecule has 0 unspecified atom stereocenters. The van der Waals surface area contributed by atoms with Gasteiger partial charge in [0.2, 0.25) is 0 Å². The van der Waals surface area contributed by atoms with Crippen molar-refractivity contribution in [1.29, 1.82) is 0 Å². The summed E-state index contributed by atoms with van der Waals surface area (Å²) >= 11 is 11.6. The highest BCUT2D eigenvalue weighted by atomic mass is 35.5. The molecular formula is C12H10Cl2N2O2S. The van der Waals surface area contributed by atoms with Crippen molar-refractivity contribution < 1.29 is 8.42 Å². The summed E-state index contributed by atoms with van der Waals surface area (Å²) in [4.78, 5) is -0.0446. The van der Waals surface area contributed by atoms with Crippen molar-refractivity contribution in [3.63, 3.8) is 0 Å². The predicted octanol–water partition coefficient (Wildman–Crippen LogP) is 3.38. The molecule has 0 atom stereocenters. The summed E-state index contributed by atoms with van der Waals surface area (Å²) in [5.41, 5.74) is 6.03. The molecule has 0 heterocycles. The second kappa shape index (κ2) is 5.28. The number of nitrogens with two attached hydrogens (primary N) is 1. The van der Waals surface area contributed by atoms with Gasteiger partial charge in [0.05, 0.1) is 16.4 Å². The van der Waals surface area contributed by atoms with Gasteiger partial charge >= 0.3 is 0 Å². The number of anilines is 2. The fraction of sp³-hybridized carbons (Fsp3) is 0. The van der Waals surface area contributed by atoms with E-state index in [2.05, 4.69) is 4.72 Å². The number of nitrogen functional groups attached to an aromatic ring is 1. The topological polar surface area (TPSA) is 72.2 Å². The van der Waals surface area contributed by atoms with Gasteiger partial charge in [0, 0.05) is 5.02 Å². The lowest BCUT2D eigenvalue weighted by atomic mass is 10.3. The average molecular weight is 317 g/mol. The zero-order valence-electron chi connectivity index (χ0n) is 9.60. The maximum Gasteiger partial charge on any atom is 0.263 e. The molecule has 100 valence electrons. The van der Waals surface area contributed by atoms with E-state index in [9.17, 15) is 8.42 Å². The van der Waals surface area contributed by atoms with Crippen molar-refractivity contribution in [2.45, 2.75) is 4.90 Å². The second-order valence-corrected chi connectivity index (χ2v) is 6.26. The Morgan fingerprint density at radius 3 is 2.37 bits per heavy atom. The molecule has 0 radical (unpaired) electrons. The van der Waals surface area contributed by atoms with Crippen LogP contribution in [0.1, 0.15) is 0 Å². The first-order valence-corrected chi connectivity index (χ1v) is 7.46. The van der Waals surface area contributed by atoms with Crippen LogP contribution >= 0.6 is 23.2 Å². The van der Waals surface area contributed by atoms with Crippen molar-refractivity contribution in [3.05, 3.63) is 52.5 Å². The van der Waals surface area contributed by atoms with Crippen molar-refractivity contribution in [1.82, 2.24) is 0 Å². The van der Waals surface area contributed by atoms with E-state index >= 15 is 0 Å². The van der Waals surface area contributed by atoms with Gasteiger partial charge in [0.25, 0.3) is 10.0 Å². The van der Waals surface area contributed by atoms with Gasteiger partial charge in [-0.2, -0.15) is 0 Å². The number of rotatable bonds is 3. The fourth-order valence-electron chi connectivity index (χ4n) is 1.51. The lowest BCUT2D eigenvalue weighted by Crippen LogP contribution is -2.15. The summed E-state index contributed by atoms with van der Waals surface area (Å²) in [7, 11) is -3.80. The zero-order valence-corrected chi connectivity index (χ0v) is 11.9. The summed E-state index contributed by atoms with van der Waals surface area (Å²) in [5.74, 6) is 0. The van der Waals surface area contributed by atoms with Crippen LogP contribution in [0.4, 0.5) is 11.4 Å². The van der Waals surface area contributed by atoms with E-state index in [1.54, 1.807) is 24.3 Å². The van der Waals surface area contributed by atoms with E-state index in [0.717, 1.165) is 0 Å². The highest BCUT2D eigenvalue weighted by molar-refractivity contribution is 7.92. The highest BCUT2D eigenvalue weighted by Gasteiger charge is 2.18. The van der Waals surface area contributed by atoms with E-state index < -0.39 is 10.0 Å². The van der Waals surface area contributed by atoms with E-state index in [4.69, 9.17) is 28.9 Å². The van der Waals surface area contributed by atoms with E-state index in [1.807, 2.05) is 0 Å². The molecule has 0 saturated heterocycles. The molecule has 7 heteroatoms. The molecule has 0 aliphatic heterocycles. The first kappa shape index (κ1) is 14.0. The molecule has 2 aromatic carbocycles. The van der Waals surface area contributed by atoms with Gasteiger partial charge in [-0.3, -0.25) is 4.72 Å². The van der Waals surface area contributed by atoms with Crippen LogP contribution in [0.25, 0.3) is 0 Å². The van der Waals surface area contributed by atoms with Gasteiger partial charge in [0.15, 0.2) is 0 Å². The summed E-state index contributed by atoms with van der Waals surface area (Å²) in [6.45, 7) is 0. The number of hydrogen-bond acceptors (Lipinski definition) is 3. The summed E-state index contributed by atoms with van der Waals surface area (Å²) in [5, 5.41) is 0.674. The lowest BCUT2D eigenvalue weighted by molar-refractivity contribution is 0.601. The Morgan fingerprint density at radius 1 is 1.05 bits per heavy atom. The molecule has 4 nitrogen and oxygen atoms in total. The first-order chi connectivity index (χ1) is 8.90. The molecule has 0 aromatic heterocycles. The molecule has 19 heavy (non-hydrogen) atoms. The van der Waals surface area contributed by atoms with Gasteiger partial charge < -0.3 is 5.73 Å². The van der Waals surface area contributed by atoms with Crippen LogP contribution in [0.2, 0.25) is 10.0 Å². The number of hydrogen-bond donors (Lipinski definition) is 2. The minimum absolute atomic E-state index is 0.0446. The standard InChI is InChI=1S/C12H10Cl2N2O2S/c13-8-5-6-12(10(15)7-8)19(17,18)16-11-4-2-1-3-9(11)14/h1-7,16H,15H2. The monoisotopic (exact) mass is 316 g/mol. The Morgan fingerprint density at radius 2 is 1.74 bits per heavy atom. The Bertz CT molecular complexity index is 717. The fourth-order valence-corrected chi connectivity index (χ4v) is 3.12. The Kier molecular flexibility index (Phi) is 3.89. The molecule has 0 saturated carbocycles. The van der Waals surface area contributed by atoms with Crippen LogP contribution in [0.5, 0.6) is 0 Å². The maximum atomic E-state index is 12.2. The van der Waals surface area contributed by atoms with Gasteiger partial charge in [-0.05, 0) is 30.3 Å². The van der Waals surface area contributed by atoms with Crippen LogP contribution in [0.3, 0.4) is 0 Å². The number of halogens is 2. The third-order valence-electron chi connectivity index (χ3n) is 2.38. The summed E-state index contributed by atoms with van der Waals surface area (Å²) in [6, 6.07) is 10.7. The molecular weight excluding hydrogens is 307 g/mol. The summed E-state index contributed by atoms with van der Waals surface area (Å²) in [6.07, 6.45) is 0. The Hall–Kier alpha value is -1.43. The number of para-hydroxylation sites is 1. The molecule has 0 bridgehead atoms. The van der Waals surface area contributed by atoms with Crippen molar-refractivity contribution in [2.75, 3.05) is 10.5 Å². The van der Waals surface area contributed by atoms with Crippen LogP contribution in [0, 0.1) is 0 Å². The smallest absolute Gasteiger partial charge is 0.263 e. The van der Waals surface area contributed by atoms with Crippen LogP contribution < -0.4 is 10.5 Å². The second-order valence-electron chi connectivity index (χ2n) is 3.77. The van der Waals surface area contributed by atoms with E-state index in [0.29, 0.717) is 15.7 Å². The maximum absolute atomic E-state index is 12.2. The number of benzene rings is 2. The molecule has 0 fully saturated rings. The SMILES string of the molecule is Nc1cc(Cl)ccc1S(=O)(=O)Nc1ccccc1Cl. The van der Waals surface area contributed by atoms with Gasteiger partial charge in [-0.15, -0.1) is 0 Å². The Labute approximate surface area is 121 Å². The largest absolute Gasteiger partial charge is 0.398 e. The normalized spacial score (nSPS) is 11.3. The predicted molar refractivity (Wildman–Crippen MR) is 78.1 cm³/mol. The van der Waals surface area contributed by atoms with E-state index in [1.165, 1.54) is 18.2 Å². The third-order valence-corrected chi connectivity index (χ3v) is 4.38. The van der Waals surface area contributed by atoms with Gasteiger partial charge in [-0.25, -0.2) is 8.42 Å². The zero-order chi connectivity index (χ0) is 14.0. The van der Waals surface area contributed by atoms with Crippen LogP contribution in [-0.2, 0) is 10.0 Å². The van der Waals surface area contributed by atoms with Crippen molar-refractivity contribution in [2.24, 2.45) is 0 Å². The van der Waals surface area contributed by atoms with Crippen molar-refractivity contribution >= 4 is 44.6 Å². The number of sulfonamides is 1. The van der Waals surface area contributed by atoms with Gasteiger partial charge in [-0.1, -0.05) is 35.3 Å². The Balaban J connectivity index is 2.41. The third kappa shape index (κ3) is 3.12. The molecule has 0 aliphatic rings.